The molecular weight excluding hydrogens is 220 g/mol. The summed E-state index contributed by atoms with van der Waals surface area (Å²) >= 11 is 0. The van der Waals surface area contributed by atoms with Crippen molar-refractivity contribution in [3.8, 4) is 0 Å². The maximum atomic E-state index is 5.97. The van der Waals surface area contributed by atoms with Crippen LogP contribution >= 0.6 is 0 Å². The second-order valence-electron chi connectivity index (χ2n) is 6.00. The molecule has 1 aliphatic carbocycles. The normalized spacial score (nSPS) is 20.7. The van der Waals surface area contributed by atoms with E-state index >= 15 is 0 Å². The number of fused-ring (bicyclic) bond motifs is 1. The number of hydrogen-bond acceptors (Lipinski definition) is 2. The van der Waals surface area contributed by atoms with E-state index in [1.54, 1.807) is 0 Å². The molecule has 1 unspecified atom stereocenters. The minimum absolute atomic E-state index is 0.150. The van der Waals surface area contributed by atoms with E-state index in [0.29, 0.717) is 0 Å². The van der Waals surface area contributed by atoms with Crippen molar-refractivity contribution in [1.29, 1.82) is 0 Å². The molecule has 1 aromatic rings. The summed E-state index contributed by atoms with van der Waals surface area (Å²) in [5.41, 5.74) is 10.2. The molecule has 1 saturated carbocycles. The number of rotatable bonds is 4. The number of aryl methyl sites for hydroxylation is 1. The van der Waals surface area contributed by atoms with Crippen LogP contribution in [-0.2, 0) is 6.42 Å². The third-order valence-corrected chi connectivity index (χ3v) is 4.35. The zero-order chi connectivity index (χ0) is 12.5. The van der Waals surface area contributed by atoms with Gasteiger partial charge in [0.2, 0.25) is 0 Å². The summed E-state index contributed by atoms with van der Waals surface area (Å²) in [4.78, 5) is 2.59. The van der Waals surface area contributed by atoms with Crippen molar-refractivity contribution < 1.29 is 0 Å². The number of nitrogens with zero attached hydrogens (tertiary/aromatic N) is 1. The molecule has 2 aliphatic rings. The monoisotopic (exact) mass is 244 g/mol. The van der Waals surface area contributed by atoms with Gasteiger partial charge >= 0.3 is 0 Å². The Morgan fingerprint density at radius 3 is 2.94 bits per heavy atom. The van der Waals surface area contributed by atoms with E-state index in [-0.39, 0.29) is 6.04 Å². The van der Waals surface area contributed by atoms with E-state index in [1.807, 2.05) is 0 Å². The summed E-state index contributed by atoms with van der Waals surface area (Å²) in [6.45, 7) is 4.54. The highest BCUT2D eigenvalue weighted by Gasteiger charge is 2.23. The van der Waals surface area contributed by atoms with Crippen LogP contribution in [0.2, 0.25) is 0 Å². The Balaban J connectivity index is 1.76. The van der Waals surface area contributed by atoms with E-state index in [9.17, 15) is 0 Å². The second-order valence-corrected chi connectivity index (χ2v) is 6.00. The molecule has 0 spiro atoms. The maximum absolute atomic E-state index is 5.97. The molecule has 2 heteroatoms. The topological polar surface area (TPSA) is 29.3 Å². The highest BCUT2D eigenvalue weighted by Crippen LogP contribution is 2.35. The van der Waals surface area contributed by atoms with Crippen molar-refractivity contribution in [2.45, 2.75) is 45.1 Å². The van der Waals surface area contributed by atoms with Crippen molar-refractivity contribution in [2.75, 3.05) is 18.0 Å². The smallest absolute Gasteiger partial charge is 0.0398 e. The van der Waals surface area contributed by atoms with Crippen LogP contribution in [0.25, 0.3) is 0 Å². The Bertz CT molecular complexity index is 421. The molecule has 18 heavy (non-hydrogen) atoms. The lowest BCUT2D eigenvalue weighted by atomic mass is 9.97. The standard InChI is InChI=1S/C16H24N2/c1-12(17)14-6-7-16-15(11-14)3-2-9-18(16)10-8-13-4-5-13/h6-7,11-13H,2-5,8-10,17H2,1H3. The Kier molecular flexibility index (Phi) is 3.29. The lowest BCUT2D eigenvalue weighted by molar-refractivity contribution is 0.634. The number of hydrogen-bond donors (Lipinski definition) is 1. The first kappa shape index (κ1) is 12.0. The fourth-order valence-electron chi connectivity index (χ4n) is 2.96. The highest BCUT2D eigenvalue weighted by atomic mass is 15.1. The van der Waals surface area contributed by atoms with Crippen molar-refractivity contribution in [1.82, 2.24) is 0 Å². The minimum atomic E-state index is 0.150. The van der Waals surface area contributed by atoms with Gasteiger partial charge in [-0.15, -0.1) is 0 Å². The molecule has 1 aliphatic heterocycles. The van der Waals surface area contributed by atoms with E-state index in [2.05, 4.69) is 30.0 Å². The van der Waals surface area contributed by atoms with Gasteiger partial charge in [0.15, 0.2) is 0 Å². The van der Waals surface area contributed by atoms with Crippen LogP contribution in [0.3, 0.4) is 0 Å². The molecule has 2 N–H and O–H groups in total. The summed E-state index contributed by atoms with van der Waals surface area (Å²) in [6.07, 6.45) is 6.82. The zero-order valence-corrected chi connectivity index (χ0v) is 11.4. The van der Waals surface area contributed by atoms with Crippen molar-refractivity contribution in [2.24, 2.45) is 11.7 Å². The molecule has 1 fully saturated rings. The molecule has 0 aromatic heterocycles. The average molecular weight is 244 g/mol. The number of benzene rings is 1. The third-order valence-electron chi connectivity index (χ3n) is 4.35. The first-order valence-corrected chi connectivity index (χ1v) is 7.37. The largest absolute Gasteiger partial charge is 0.371 e. The number of nitrogens with two attached hydrogens (primary N) is 1. The van der Waals surface area contributed by atoms with Gasteiger partial charge in [-0.05, 0) is 49.3 Å². The molecule has 3 rings (SSSR count). The van der Waals surface area contributed by atoms with Gasteiger partial charge in [-0.3, -0.25) is 0 Å². The van der Waals surface area contributed by atoms with Crippen LogP contribution in [0.4, 0.5) is 5.69 Å². The second kappa shape index (κ2) is 4.93. The molecule has 1 atom stereocenters. The minimum Gasteiger partial charge on any atom is -0.371 e. The van der Waals surface area contributed by atoms with Gasteiger partial charge < -0.3 is 10.6 Å². The molecule has 2 nitrogen and oxygen atoms in total. The Hall–Kier alpha value is -1.02. The summed E-state index contributed by atoms with van der Waals surface area (Å²) in [6, 6.07) is 6.97. The molecule has 1 heterocycles. The first-order chi connectivity index (χ1) is 8.74. The fraction of sp³-hybridized carbons (Fsp3) is 0.625. The van der Waals surface area contributed by atoms with E-state index < -0.39 is 0 Å². The first-order valence-electron chi connectivity index (χ1n) is 7.37. The van der Waals surface area contributed by atoms with Crippen molar-refractivity contribution >= 4 is 5.69 Å². The van der Waals surface area contributed by atoms with Crippen molar-refractivity contribution in [3.05, 3.63) is 29.3 Å². The van der Waals surface area contributed by atoms with Gasteiger partial charge in [-0.1, -0.05) is 25.0 Å². The lowest BCUT2D eigenvalue weighted by Crippen LogP contribution is -2.30. The molecule has 98 valence electrons. The fourth-order valence-corrected chi connectivity index (χ4v) is 2.96. The van der Waals surface area contributed by atoms with Gasteiger partial charge in [0.1, 0.15) is 0 Å². The molecular formula is C16H24N2. The van der Waals surface area contributed by atoms with Gasteiger partial charge in [0.25, 0.3) is 0 Å². The van der Waals surface area contributed by atoms with Crippen LogP contribution in [-0.4, -0.2) is 13.1 Å². The quantitative estimate of drug-likeness (QED) is 0.881. The van der Waals surface area contributed by atoms with Crippen LogP contribution in [0, 0.1) is 5.92 Å². The summed E-state index contributed by atoms with van der Waals surface area (Å²) in [7, 11) is 0. The molecule has 0 bridgehead atoms. The summed E-state index contributed by atoms with van der Waals surface area (Å²) < 4.78 is 0. The SMILES string of the molecule is CC(N)c1ccc2c(c1)CCCN2CCC1CC1. The van der Waals surface area contributed by atoms with Crippen molar-refractivity contribution in [3.63, 3.8) is 0 Å². The Morgan fingerprint density at radius 1 is 1.39 bits per heavy atom. The van der Waals surface area contributed by atoms with Crippen LogP contribution in [0.5, 0.6) is 0 Å². The predicted octanol–water partition coefficient (Wildman–Crippen LogP) is 3.26. The van der Waals surface area contributed by atoms with Gasteiger partial charge in [-0.2, -0.15) is 0 Å². The van der Waals surface area contributed by atoms with E-state index in [1.165, 1.54) is 62.0 Å². The molecule has 0 amide bonds. The zero-order valence-electron chi connectivity index (χ0n) is 11.4. The van der Waals surface area contributed by atoms with Crippen LogP contribution < -0.4 is 10.6 Å². The number of anilines is 1. The highest BCUT2D eigenvalue weighted by molar-refractivity contribution is 5.57. The van der Waals surface area contributed by atoms with Crippen LogP contribution in [0.15, 0.2) is 18.2 Å². The lowest BCUT2D eigenvalue weighted by Gasteiger charge is -2.32. The van der Waals surface area contributed by atoms with E-state index in [0.717, 1.165) is 5.92 Å². The average Bonchev–Trinajstić information content (AvgIpc) is 3.19. The summed E-state index contributed by atoms with van der Waals surface area (Å²) in [5.74, 6) is 1.03. The van der Waals surface area contributed by atoms with Crippen LogP contribution in [0.1, 0.15) is 49.8 Å². The summed E-state index contributed by atoms with van der Waals surface area (Å²) in [5, 5.41) is 0. The van der Waals surface area contributed by atoms with E-state index in [4.69, 9.17) is 5.73 Å². The molecule has 1 aromatic carbocycles. The predicted molar refractivity (Wildman–Crippen MR) is 76.9 cm³/mol. The van der Waals surface area contributed by atoms with Gasteiger partial charge in [-0.25, -0.2) is 0 Å². The maximum Gasteiger partial charge on any atom is 0.0398 e. The molecule has 0 radical (unpaired) electrons. The third kappa shape index (κ3) is 2.54. The van der Waals surface area contributed by atoms with Gasteiger partial charge in [0.05, 0.1) is 0 Å². The van der Waals surface area contributed by atoms with Gasteiger partial charge in [0, 0.05) is 24.8 Å². The Labute approximate surface area is 110 Å². The molecule has 0 saturated heterocycles. The Morgan fingerprint density at radius 2 is 2.22 bits per heavy atom.